The molecule has 5 nitrogen and oxygen atoms in total. The van der Waals surface area contributed by atoms with Crippen LogP contribution in [0.4, 0.5) is 0 Å². The Labute approximate surface area is 159 Å². The Morgan fingerprint density at radius 1 is 1.19 bits per heavy atom. The summed E-state index contributed by atoms with van der Waals surface area (Å²) < 4.78 is 5.73. The Kier molecular flexibility index (Phi) is 10.1. The van der Waals surface area contributed by atoms with Crippen molar-refractivity contribution in [3.05, 3.63) is 35.9 Å². The van der Waals surface area contributed by atoms with Crippen LogP contribution in [-0.2, 0) is 11.3 Å². The van der Waals surface area contributed by atoms with E-state index < -0.39 is 0 Å². The molecule has 1 aliphatic rings. The van der Waals surface area contributed by atoms with Crippen LogP contribution in [0.3, 0.4) is 0 Å². The van der Waals surface area contributed by atoms with E-state index in [4.69, 9.17) is 9.73 Å². The lowest BCUT2D eigenvalue weighted by Gasteiger charge is -2.21. The predicted octanol–water partition coefficient (Wildman–Crippen LogP) is 3.02. The standard InChI is InChI=1S/C21H36N4O/c1-3-22-21(24-17-20-13-10-15-25(20)4-2)23-14-8-9-16-26-18-19-11-6-5-7-12-19/h5-7,11-12,20H,3-4,8-10,13-18H2,1-2H3,(H2,22,23,24). The fourth-order valence-electron chi connectivity index (χ4n) is 3.36. The van der Waals surface area contributed by atoms with Crippen LogP contribution < -0.4 is 10.6 Å². The zero-order valence-corrected chi connectivity index (χ0v) is 16.5. The molecule has 26 heavy (non-hydrogen) atoms. The van der Waals surface area contributed by atoms with Crippen LogP contribution in [0.5, 0.6) is 0 Å². The third kappa shape index (κ3) is 7.75. The van der Waals surface area contributed by atoms with Gasteiger partial charge in [-0.1, -0.05) is 37.3 Å². The number of benzene rings is 1. The van der Waals surface area contributed by atoms with Gasteiger partial charge in [-0.05, 0) is 51.3 Å². The first-order valence-corrected chi connectivity index (χ1v) is 10.2. The molecule has 1 aliphatic heterocycles. The number of ether oxygens (including phenoxy) is 1. The van der Waals surface area contributed by atoms with E-state index in [1.807, 2.05) is 6.07 Å². The van der Waals surface area contributed by atoms with Gasteiger partial charge in [0.2, 0.25) is 0 Å². The number of unbranched alkanes of at least 4 members (excludes halogenated alkanes) is 1. The second kappa shape index (κ2) is 12.7. The van der Waals surface area contributed by atoms with Crippen LogP contribution in [0.1, 0.15) is 45.1 Å². The van der Waals surface area contributed by atoms with Crippen molar-refractivity contribution in [2.75, 3.05) is 39.3 Å². The third-order valence-electron chi connectivity index (χ3n) is 4.83. The normalized spacial score (nSPS) is 18.2. The van der Waals surface area contributed by atoms with Gasteiger partial charge in [0.1, 0.15) is 0 Å². The number of likely N-dealkylation sites (tertiary alicyclic amines) is 1. The molecule has 1 saturated heterocycles. The van der Waals surface area contributed by atoms with Crippen molar-refractivity contribution in [1.29, 1.82) is 0 Å². The third-order valence-corrected chi connectivity index (χ3v) is 4.83. The van der Waals surface area contributed by atoms with Gasteiger partial charge in [0.05, 0.1) is 13.2 Å². The van der Waals surface area contributed by atoms with Crippen molar-refractivity contribution in [2.24, 2.45) is 4.99 Å². The van der Waals surface area contributed by atoms with Crippen LogP contribution in [0.15, 0.2) is 35.3 Å². The van der Waals surface area contributed by atoms with Gasteiger partial charge in [0.15, 0.2) is 5.96 Å². The van der Waals surface area contributed by atoms with Crippen molar-refractivity contribution in [3.63, 3.8) is 0 Å². The van der Waals surface area contributed by atoms with Gasteiger partial charge in [-0.3, -0.25) is 9.89 Å². The molecule has 0 amide bonds. The zero-order valence-electron chi connectivity index (χ0n) is 16.5. The fraction of sp³-hybridized carbons (Fsp3) is 0.667. The van der Waals surface area contributed by atoms with E-state index in [0.717, 1.165) is 51.6 Å². The number of hydrogen-bond donors (Lipinski definition) is 2. The van der Waals surface area contributed by atoms with Gasteiger partial charge in [-0.2, -0.15) is 0 Å². The van der Waals surface area contributed by atoms with Crippen LogP contribution in [0.25, 0.3) is 0 Å². The number of hydrogen-bond acceptors (Lipinski definition) is 3. The molecule has 1 atom stereocenters. The molecule has 1 aromatic carbocycles. The predicted molar refractivity (Wildman–Crippen MR) is 110 cm³/mol. The Balaban J connectivity index is 1.58. The second-order valence-corrected chi connectivity index (χ2v) is 6.82. The van der Waals surface area contributed by atoms with Gasteiger partial charge < -0.3 is 15.4 Å². The van der Waals surface area contributed by atoms with Gasteiger partial charge in [-0.25, -0.2) is 0 Å². The van der Waals surface area contributed by atoms with E-state index >= 15 is 0 Å². The molecule has 0 aromatic heterocycles. The van der Waals surface area contributed by atoms with Crippen LogP contribution in [0, 0.1) is 0 Å². The molecule has 5 heteroatoms. The lowest BCUT2D eigenvalue weighted by molar-refractivity contribution is 0.117. The van der Waals surface area contributed by atoms with Crippen molar-refractivity contribution < 1.29 is 4.74 Å². The van der Waals surface area contributed by atoms with Crippen LogP contribution >= 0.6 is 0 Å². The number of likely N-dealkylation sites (N-methyl/N-ethyl adjacent to an activating group) is 1. The maximum Gasteiger partial charge on any atom is 0.191 e. The maximum absolute atomic E-state index is 5.73. The molecule has 0 radical (unpaired) electrons. The summed E-state index contributed by atoms with van der Waals surface area (Å²) in [5.74, 6) is 0.945. The highest BCUT2D eigenvalue weighted by molar-refractivity contribution is 5.79. The molecule has 1 unspecified atom stereocenters. The van der Waals surface area contributed by atoms with E-state index in [-0.39, 0.29) is 0 Å². The molecule has 2 rings (SSSR count). The lowest BCUT2D eigenvalue weighted by Crippen LogP contribution is -2.39. The SMILES string of the molecule is CCNC(=NCC1CCCN1CC)NCCCCOCc1ccccc1. The Morgan fingerprint density at radius 2 is 2.04 bits per heavy atom. The first-order chi connectivity index (χ1) is 12.8. The lowest BCUT2D eigenvalue weighted by atomic mass is 10.2. The largest absolute Gasteiger partial charge is 0.377 e. The first-order valence-electron chi connectivity index (χ1n) is 10.2. The summed E-state index contributed by atoms with van der Waals surface area (Å²) in [5.41, 5.74) is 1.24. The van der Waals surface area contributed by atoms with Crippen molar-refractivity contribution in [2.45, 2.75) is 52.2 Å². The number of nitrogens with one attached hydrogen (secondary N) is 2. The van der Waals surface area contributed by atoms with Crippen molar-refractivity contribution in [1.82, 2.24) is 15.5 Å². The molecule has 1 fully saturated rings. The molecule has 1 heterocycles. The highest BCUT2D eigenvalue weighted by atomic mass is 16.5. The number of aliphatic imine (C=N–C) groups is 1. The van der Waals surface area contributed by atoms with Gasteiger partial charge in [0.25, 0.3) is 0 Å². The maximum atomic E-state index is 5.73. The Morgan fingerprint density at radius 3 is 2.81 bits per heavy atom. The summed E-state index contributed by atoms with van der Waals surface area (Å²) >= 11 is 0. The quantitative estimate of drug-likeness (QED) is 0.362. The van der Waals surface area contributed by atoms with E-state index in [1.54, 1.807) is 0 Å². The van der Waals surface area contributed by atoms with Gasteiger partial charge in [-0.15, -0.1) is 0 Å². The zero-order chi connectivity index (χ0) is 18.5. The fourth-order valence-corrected chi connectivity index (χ4v) is 3.36. The average Bonchev–Trinajstić information content (AvgIpc) is 3.13. The van der Waals surface area contributed by atoms with E-state index in [0.29, 0.717) is 12.6 Å². The number of nitrogens with zero attached hydrogens (tertiary/aromatic N) is 2. The highest BCUT2D eigenvalue weighted by Crippen LogP contribution is 2.16. The monoisotopic (exact) mass is 360 g/mol. The summed E-state index contributed by atoms with van der Waals surface area (Å²) in [5, 5.41) is 6.80. The molecule has 0 aliphatic carbocycles. The minimum atomic E-state index is 0.613. The molecule has 0 saturated carbocycles. The summed E-state index contributed by atoms with van der Waals surface area (Å²) in [6, 6.07) is 11.0. The highest BCUT2D eigenvalue weighted by Gasteiger charge is 2.22. The first kappa shape index (κ1) is 20.7. The summed E-state index contributed by atoms with van der Waals surface area (Å²) in [7, 11) is 0. The molecule has 0 spiro atoms. The average molecular weight is 361 g/mol. The summed E-state index contributed by atoms with van der Waals surface area (Å²) in [6.45, 7) is 10.9. The smallest absolute Gasteiger partial charge is 0.191 e. The number of rotatable bonds is 11. The minimum absolute atomic E-state index is 0.613. The second-order valence-electron chi connectivity index (χ2n) is 6.82. The van der Waals surface area contributed by atoms with Crippen LogP contribution in [-0.4, -0.2) is 56.2 Å². The number of guanidine groups is 1. The summed E-state index contributed by atoms with van der Waals surface area (Å²) in [4.78, 5) is 7.33. The molecule has 2 N–H and O–H groups in total. The molecule has 146 valence electrons. The minimum Gasteiger partial charge on any atom is -0.377 e. The molecule has 1 aromatic rings. The Hall–Kier alpha value is -1.59. The topological polar surface area (TPSA) is 48.9 Å². The Bertz CT molecular complexity index is 506. The van der Waals surface area contributed by atoms with Gasteiger partial charge in [0, 0.05) is 25.7 Å². The molecular weight excluding hydrogens is 324 g/mol. The van der Waals surface area contributed by atoms with Crippen molar-refractivity contribution >= 4 is 5.96 Å². The molecule has 0 bridgehead atoms. The van der Waals surface area contributed by atoms with Crippen molar-refractivity contribution in [3.8, 4) is 0 Å². The van der Waals surface area contributed by atoms with E-state index in [2.05, 4.69) is 53.6 Å². The summed E-state index contributed by atoms with van der Waals surface area (Å²) in [6.07, 6.45) is 4.73. The van der Waals surface area contributed by atoms with Gasteiger partial charge >= 0.3 is 0 Å². The van der Waals surface area contributed by atoms with E-state index in [9.17, 15) is 0 Å². The molecular formula is C21H36N4O. The van der Waals surface area contributed by atoms with Crippen LogP contribution in [0.2, 0.25) is 0 Å². The van der Waals surface area contributed by atoms with E-state index in [1.165, 1.54) is 24.9 Å².